The number of nitrogens with two attached hydrogens (primary N) is 1. The van der Waals surface area contributed by atoms with Crippen LogP contribution >= 0.6 is 0 Å². The molecular formula is C15H29N3O2. The number of amides is 1. The largest absolute Gasteiger partial charge is 0.409 e. The molecule has 1 aliphatic rings. The van der Waals surface area contributed by atoms with Gasteiger partial charge < -0.3 is 15.8 Å². The lowest BCUT2D eigenvalue weighted by atomic mass is 9.79. The minimum atomic E-state index is 0.171. The van der Waals surface area contributed by atoms with E-state index in [4.69, 9.17) is 10.9 Å². The van der Waals surface area contributed by atoms with Crippen LogP contribution in [0.2, 0.25) is 0 Å². The van der Waals surface area contributed by atoms with Gasteiger partial charge in [0.15, 0.2) is 0 Å². The van der Waals surface area contributed by atoms with E-state index in [0.29, 0.717) is 13.0 Å². The summed E-state index contributed by atoms with van der Waals surface area (Å²) in [4.78, 5) is 14.0. The first-order chi connectivity index (χ1) is 9.58. The Balaban J connectivity index is 2.31. The summed E-state index contributed by atoms with van der Waals surface area (Å²) in [5.41, 5.74) is 5.43. The maximum Gasteiger partial charge on any atom is 0.225 e. The topological polar surface area (TPSA) is 78.9 Å². The van der Waals surface area contributed by atoms with Gasteiger partial charge in [0, 0.05) is 25.9 Å². The molecule has 3 N–H and O–H groups in total. The number of carbonyl (C=O) groups excluding carboxylic acids is 1. The molecule has 116 valence electrons. The van der Waals surface area contributed by atoms with E-state index in [1.807, 2.05) is 0 Å². The molecule has 0 aliphatic heterocycles. The Morgan fingerprint density at radius 3 is 2.55 bits per heavy atom. The highest BCUT2D eigenvalue weighted by Gasteiger charge is 2.27. The molecule has 5 nitrogen and oxygen atoms in total. The van der Waals surface area contributed by atoms with Crippen LogP contribution in [-0.4, -0.2) is 35.4 Å². The van der Waals surface area contributed by atoms with Crippen LogP contribution in [0, 0.1) is 11.8 Å². The zero-order valence-electron chi connectivity index (χ0n) is 12.8. The van der Waals surface area contributed by atoms with E-state index in [1.54, 1.807) is 11.9 Å². The van der Waals surface area contributed by atoms with Crippen LogP contribution in [0.4, 0.5) is 0 Å². The first-order valence-corrected chi connectivity index (χ1v) is 7.79. The number of hydrogen-bond acceptors (Lipinski definition) is 3. The minimum Gasteiger partial charge on any atom is -0.409 e. The van der Waals surface area contributed by atoms with Gasteiger partial charge in [-0.3, -0.25) is 4.79 Å². The van der Waals surface area contributed by atoms with Crippen molar-refractivity contribution in [3.05, 3.63) is 0 Å². The zero-order chi connectivity index (χ0) is 15.0. The van der Waals surface area contributed by atoms with E-state index in [9.17, 15) is 4.79 Å². The summed E-state index contributed by atoms with van der Waals surface area (Å²) in [6, 6.07) is 0. The Morgan fingerprint density at radius 2 is 2.00 bits per heavy atom. The van der Waals surface area contributed by atoms with Crippen LogP contribution in [0.3, 0.4) is 0 Å². The lowest BCUT2D eigenvalue weighted by Crippen LogP contribution is -2.36. The number of amidine groups is 1. The Morgan fingerprint density at radius 1 is 1.35 bits per heavy atom. The van der Waals surface area contributed by atoms with Crippen molar-refractivity contribution in [3.8, 4) is 0 Å². The summed E-state index contributed by atoms with van der Waals surface area (Å²) < 4.78 is 0. The summed E-state index contributed by atoms with van der Waals surface area (Å²) in [6.07, 6.45) is 8.71. The van der Waals surface area contributed by atoms with Gasteiger partial charge in [-0.2, -0.15) is 0 Å². The predicted molar refractivity (Wildman–Crippen MR) is 80.6 cm³/mol. The van der Waals surface area contributed by atoms with Crippen LogP contribution in [-0.2, 0) is 4.79 Å². The van der Waals surface area contributed by atoms with Crippen molar-refractivity contribution in [2.24, 2.45) is 22.7 Å². The fourth-order valence-corrected chi connectivity index (χ4v) is 2.94. The molecule has 1 fully saturated rings. The molecule has 1 saturated carbocycles. The van der Waals surface area contributed by atoms with E-state index in [-0.39, 0.29) is 17.7 Å². The van der Waals surface area contributed by atoms with Crippen LogP contribution in [0.25, 0.3) is 0 Å². The van der Waals surface area contributed by atoms with Gasteiger partial charge in [-0.05, 0) is 31.6 Å². The standard InChI is InChI=1S/C15H29N3O2/c1-3-4-5-12-6-8-13(9-7-12)15(19)18(2)11-10-14(16)17-20/h12-13,20H,3-11H2,1-2H3,(H2,16,17). The average molecular weight is 283 g/mol. The molecule has 0 saturated heterocycles. The molecule has 0 aromatic carbocycles. The Kier molecular flexibility index (Phi) is 7.41. The lowest BCUT2D eigenvalue weighted by molar-refractivity contribution is -0.135. The first kappa shape index (κ1) is 16.8. The smallest absolute Gasteiger partial charge is 0.225 e. The van der Waals surface area contributed by atoms with Crippen molar-refractivity contribution in [1.29, 1.82) is 0 Å². The van der Waals surface area contributed by atoms with Crippen LogP contribution in [0.5, 0.6) is 0 Å². The molecule has 0 heterocycles. The minimum absolute atomic E-state index is 0.171. The average Bonchev–Trinajstić information content (AvgIpc) is 2.49. The highest BCUT2D eigenvalue weighted by molar-refractivity contribution is 5.82. The Labute approximate surface area is 122 Å². The highest BCUT2D eigenvalue weighted by Crippen LogP contribution is 2.32. The fraction of sp³-hybridized carbons (Fsp3) is 0.867. The van der Waals surface area contributed by atoms with Crippen LogP contribution < -0.4 is 5.73 Å². The molecule has 0 spiro atoms. The Hall–Kier alpha value is -1.26. The third kappa shape index (κ3) is 5.39. The lowest BCUT2D eigenvalue weighted by Gasteiger charge is -2.30. The summed E-state index contributed by atoms with van der Waals surface area (Å²) in [7, 11) is 1.80. The summed E-state index contributed by atoms with van der Waals surface area (Å²) >= 11 is 0. The number of carbonyl (C=O) groups is 1. The van der Waals surface area contributed by atoms with Gasteiger partial charge in [-0.1, -0.05) is 31.3 Å². The van der Waals surface area contributed by atoms with Gasteiger partial charge in [0.1, 0.15) is 5.84 Å². The van der Waals surface area contributed by atoms with E-state index in [0.717, 1.165) is 18.8 Å². The van der Waals surface area contributed by atoms with Gasteiger partial charge in [0.25, 0.3) is 0 Å². The van der Waals surface area contributed by atoms with E-state index < -0.39 is 0 Å². The van der Waals surface area contributed by atoms with Crippen molar-refractivity contribution in [1.82, 2.24) is 4.90 Å². The summed E-state index contributed by atoms with van der Waals surface area (Å²) in [5, 5.41) is 11.4. The molecule has 1 amide bonds. The summed E-state index contributed by atoms with van der Waals surface area (Å²) in [5.74, 6) is 1.38. The number of oxime groups is 1. The van der Waals surface area contributed by atoms with Crippen molar-refractivity contribution >= 4 is 11.7 Å². The first-order valence-electron chi connectivity index (χ1n) is 7.79. The zero-order valence-corrected chi connectivity index (χ0v) is 12.8. The molecule has 0 radical (unpaired) electrons. The number of hydrogen-bond donors (Lipinski definition) is 2. The molecule has 0 unspecified atom stereocenters. The molecule has 1 aliphatic carbocycles. The van der Waals surface area contributed by atoms with Crippen LogP contribution in [0.15, 0.2) is 5.16 Å². The van der Waals surface area contributed by atoms with E-state index in [1.165, 1.54) is 32.1 Å². The van der Waals surface area contributed by atoms with E-state index in [2.05, 4.69) is 12.1 Å². The molecule has 1 rings (SSSR count). The van der Waals surface area contributed by atoms with Crippen LogP contribution in [0.1, 0.15) is 58.3 Å². The number of rotatable bonds is 7. The van der Waals surface area contributed by atoms with Gasteiger partial charge in [0.05, 0.1) is 0 Å². The molecule has 0 bridgehead atoms. The van der Waals surface area contributed by atoms with Gasteiger partial charge >= 0.3 is 0 Å². The van der Waals surface area contributed by atoms with Gasteiger partial charge in [-0.25, -0.2) is 0 Å². The van der Waals surface area contributed by atoms with E-state index >= 15 is 0 Å². The number of nitrogens with zero attached hydrogens (tertiary/aromatic N) is 2. The van der Waals surface area contributed by atoms with Gasteiger partial charge in [0.2, 0.25) is 5.91 Å². The van der Waals surface area contributed by atoms with Crippen molar-refractivity contribution in [3.63, 3.8) is 0 Å². The molecule has 5 heteroatoms. The second-order valence-electron chi connectivity index (χ2n) is 5.96. The Bertz CT molecular complexity index is 323. The quantitative estimate of drug-likeness (QED) is 0.326. The number of unbranched alkanes of at least 4 members (excludes halogenated alkanes) is 1. The molecule has 0 aromatic rings. The third-order valence-electron chi connectivity index (χ3n) is 4.37. The maximum absolute atomic E-state index is 12.3. The monoisotopic (exact) mass is 283 g/mol. The summed E-state index contributed by atoms with van der Waals surface area (Å²) in [6.45, 7) is 2.75. The second kappa shape index (κ2) is 8.82. The predicted octanol–water partition coefficient (Wildman–Crippen LogP) is 2.58. The fourth-order valence-electron chi connectivity index (χ4n) is 2.94. The van der Waals surface area contributed by atoms with Gasteiger partial charge in [-0.15, -0.1) is 0 Å². The second-order valence-corrected chi connectivity index (χ2v) is 5.96. The van der Waals surface area contributed by atoms with Crippen molar-refractivity contribution in [2.45, 2.75) is 58.3 Å². The molecule has 20 heavy (non-hydrogen) atoms. The molecule has 0 aromatic heterocycles. The highest BCUT2D eigenvalue weighted by atomic mass is 16.4. The maximum atomic E-state index is 12.3. The van der Waals surface area contributed by atoms with Crippen molar-refractivity contribution in [2.75, 3.05) is 13.6 Å². The molecular weight excluding hydrogens is 254 g/mol. The third-order valence-corrected chi connectivity index (χ3v) is 4.37. The van der Waals surface area contributed by atoms with Crippen molar-refractivity contribution < 1.29 is 10.0 Å². The normalized spacial score (nSPS) is 23.6. The SMILES string of the molecule is CCCCC1CCC(C(=O)N(C)CC/C(N)=N/O)CC1. The molecule has 0 atom stereocenters.